The van der Waals surface area contributed by atoms with Crippen LogP contribution in [0.25, 0.3) is 0 Å². The van der Waals surface area contributed by atoms with Gasteiger partial charge in [0.2, 0.25) is 0 Å². The number of amides is 1. The fourth-order valence-corrected chi connectivity index (χ4v) is 2.35. The molecule has 0 saturated carbocycles. The minimum absolute atomic E-state index is 0.323. The van der Waals surface area contributed by atoms with E-state index in [0.717, 1.165) is 12.2 Å². The van der Waals surface area contributed by atoms with Crippen molar-refractivity contribution < 1.29 is 9.90 Å². The summed E-state index contributed by atoms with van der Waals surface area (Å²) >= 11 is 5.87. The lowest BCUT2D eigenvalue weighted by molar-refractivity contribution is -0.129. The Morgan fingerprint density at radius 1 is 1.45 bits per heavy atom. The van der Waals surface area contributed by atoms with E-state index in [-0.39, 0.29) is 0 Å². The van der Waals surface area contributed by atoms with E-state index >= 15 is 0 Å². The third-order valence-electron chi connectivity index (χ3n) is 3.22. The number of imidazole rings is 1. The molecule has 1 aromatic carbocycles. The minimum atomic E-state index is -1.24. The lowest BCUT2D eigenvalue weighted by atomic mass is 10.1. The van der Waals surface area contributed by atoms with Gasteiger partial charge in [-0.3, -0.25) is 4.79 Å². The Balaban J connectivity index is 1.97. The monoisotopic (exact) mass is 321 g/mol. The molecule has 0 unspecified atom stereocenters. The molecule has 0 bridgehead atoms. The summed E-state index contributed by atoms with van der Waals surface area (Å²) in [5, 5.41) is 13.3. The van der Waals surface area contributed by atoms with Crippen LogP contribution >= 0.6 is 11.6 Å². The molecule has 0 radical (unpaired) electrons. The Morgan fingerprint density at radius 3 is 2.91 bits per heavy atom. The van der Waals surface area contributed by atoms with Crippen molar-refractivity contribution in [1.82, 2.24) is 14.9 Å². The maximum absolute atomic E-state index is 12.0. The van der Waals surface area contributed by atoms with Gasteiger partial charge in [-0.25, -0.2) is 4.98 Å². The van der Waals surface area contributed by atoms with E-state index in [0.29, 0.717) is 23.0 Å². The Bertz CT molecular complexity index is 640. The van der Waals surface area contributed by atoms with Crippen LogP contribution in [0.15, 0.2) is 36.8 Å². The van der Waals surface area contributed by atoms with Crippen LogP contribution in [0.4, 0.5) is 0 Å². The molecule has 2 aromatic rings. The Kier molecular flexibility index (Phi) is 5.57. The van der Waals surface area contributed by atoms with Crippen molar-refractivity contribution in [3.05, 3.63) is 53.1 Å². The van der Waals surface area contributed by atoms with E-state index in [4.69, 9.17) is 11.6 Å². The molecule has 2 N–H and O–H groups in total. The van der Waals surface area contributed by atoms with Crippen LogP contribution in [0.5, 0.6) is 0 Å². The molecule has 0 fully saturated rings. The van der Waals surface area contributed by atoms with Gasteiger partial charge in [0.15, 0.2) is 6.10 Å². The topological polar surface area (TPSA) is 67.2 Å². The van der Waals surface area contributed by atoms with E-state index in [1.165, 1.54) is 0 Å². The molecule has 22 heavy (non-hydrogen) atoms. The molecule has 0 aliphatic carbocycles. The molecule has 1 heterocycles. The van der Waals surface area contributed by atoms with Crippen LogP contribution in [0.2, 0.25) is 5.02 Å². The second-order valence-electron chi connectivity index (χ2n) is 5.61. The lowest BCUT2D eigenvalue weighted by Crippen LogP contribution is -2.29. The average molecular weight is 322 g/mol. The van der Waals surface area contributed by atoms with Crippen LogP contribution in [0, 0.1) is 5.92 Å². The summed E-state index contributed by atoms with van der Waals surface area (Å²) < 4.78 is 2.00. The highest BCUT2D eigenvalue weighted by atomic mass is 35.5. The number of rotatable bonds is 6. The number of hydrogen-bond donors (Lipinski definition) is 2. The smallest absolute Gasteiger partial charge is 0.253 e. The maximum atomic E-state index is 12.0. The molecule has 118 valence electrons. The molecule has 0 aliphatic heterocycles. The summed E-state index contributed by atoms with van der Waals surface area (Å²) in [6, 6.07) is 6.64. The zero-order valence-corrected chi connectivity index (χ0v) is 13.4. The van der Waals surface area contributed by atoms with Gasteiger partial charge in [-0.15, -0.1) is 0 Å². The zero-order chi connectivity index (χ0) is 16.1. The Hall–Kier alpha value is -1.85. The highest BCUT2D eigenvalue weighted by molar-refractivity contribution is 6.30. The van der Waals surface area contributed by atoms with Gasteiger partial charge in [0, 0.05) is 17.8 Å². The van der Waals surface area contributed by atoms with E-state index in [1.54, 1.807) is 36.8 Å². The van der Waals surface area contributed by atoms with Gasteiger partial charge in [0.05, 0.1) is 18.6 Å². The first kappa shape index (κ1) is 16.5. The summed E-state index contributed by atoms with van der Waals surface area (Å²) in [7, 11) is 0. The summed E-state index contributed by atoms with van der Waals surface area (Å²) in [5.41, 5.74) is 1.38. The van der Waals surface area contributed by atoms with Gasteiger partial charge >= 0.3 is 0 Å². The largest absolute Gasteiger partial charge is 0.378 e. The van der Waals surface area contributed by atoms with Gasteiger partial charge in [-0.05, 0) is 23.6 Å². The Morgan fingerprint density at radius 2 is 2.23 bits per heavy atom. The van der Waals surface area contributed by atoms with Gasteiger partial charge in [0.25, 0.3) is 5.91 Å². The number of aliphatic hydroxyl groups excluding tert-OH is 1. The first-order valence-electron chi connectivity index (χ1n) is 7.17. The van der Waals surface area contributed by atoms with Crippen molar-refractivity contribution in [3.63, 3.8) is 0 Å². The van der Waals surface area contributed by atoms with E-state index in [2.05, 4.69) is 24.1 Å². The van der Waals surface area contributed by atoms with E-state index in [9.17, 15) is 9.90 Å². The number of nitrogens with one attached hydrogen (secondary N) is 1. The molecule has 1 aromatic heterocycles. The number of carbonyl (C=O) groups is 1. The fraction of sp³-hybridized carbons (Fsp3) is 0.375. The predicted octanol–water partition coefficient (Wildman–Crippen LogP) is 2.54. The van der Waals surface area contributed by atoms with Gasteiger partial charge in [-0.1, -0.05) is 37.6 Å². The third kappa shape index (κ3) is 4.32. The van der Waals surface area contributed by atoms with E-state index in [1.807, 2.05) is 4.57 Å². The molecule has 1 amide bonds. The second kappa shape index (κ2) is 7.42. The predicted molar refractivity (Wildman–Crippen MR) is 85.3 cm³/mol. The number of aromatic nitrogens is 2. The average Bonchev–Trinajstić information content (AvgIpc) is 2.90. The SMILES string of the molecule is CC(C)Cn1cncc1CNC(=O)[C@H](O)c1cccc(Cl)c1. The molecular formula is C16H20ClN3O2. The van der Waals surface area contributed by atoms with Crippen LogP contribution in [-0.4, -0.2) is 20.6 Å². The lowest BCUT2D eigenvalue weighted by Gasteiger charge is -2.14. The first-order chi connectivity index (χ1) is 10.5. The van der Waals surface area contributed by atoms with Gasteiger partial charge in [-0.2, -0.15) is 0 Å². The van der Waals surface area contributed by atoms with Gasteiger partial charge in [0.1, 0.15) is 0 Å². The standard InChI is InChI=1S/C16H20ClN3O2/c1-11(2)9-20-10-18-7-14(20)8-19-16(22)15(21)12-4-3-5-13(17)6-12/h3-7,10-11,15,21H,8-9H2,1-2H3,(H,19,22)/t15-/m1/s1. The molecule has 0 saturated heterocycles. The maximum Gasteiger partial charge on any atom is 0.253 e. The minimum Gasteiger partial charge on any atom is -0.378 e. The second-order valence-corrected chi connectivity index (χ2v) is 6.04. The first-order valence-corrected chi connectivity index (χ1v) is 7.55. The normalized spacial score (nSPS) is 12.4. The van der Waals surface area contributed by atoms with Gasteiger partial charge < -0.3 is 15.0 Å². The molecule has 6 heteroatoms. The van der Waals surface area contributed by atoms with Crippen molar-refractivity contribution in [2.24, 2.45) is 5.92 Å². The van der Waals surface area contributed by atoms with Crippen LogP contribution in [-0.2, 0) is 17.9 Å². The number of aliphatic hydroxyl groups is 1. The number of hydrogen-bond acceptors (Lipinski definition) is 3. The molecule has 2 rings (SSSR count). The van der Waals surface area contributed by atoms with Crippen LogP contribution in [0.1, 0.15) is 31.2 Å². The van der Waals surface area contributed by atoms with Crippen LogP contribution < -0.4 is 5.32 Å². The summed E-state index contributed by atoms with van der Waals surface area (Å²) in [6.07, 6.45) is 2.23. The highest BCUT2D eigenvalue weighted by Gasteiger charge is 2.17. The molecule has 0 aliphatic rings. The van der Waals surface area contributed by atoms with Crippen molar-refractivity contribution in [1.29, 1.82) is 0 Å². The molecule has 1 atom stereocenters. The third-order valence-corrected chi connectivity index (χ3v) is 3.45. The molecule has 0 spiro atoms. The van der Waals surface area contributed by atoms with Crippen molar-refractivity contribution in [2.45, 2.75) is 33.0 Å². The van der Waals surface area contributed by atoms with E-state index < -0.39 is 12.0 Å². The highest BCUT2D eigenvalue weighted by Crippen LogP contribution is 2.18. The summed E-state index contributed by atoms with van der Waals surface area (Å²) in [6.45, 7) is 5.39. The zero-order valence-electron chi connectivity index (χ0n) is 12.7. The quantitative estimate of drug-likeness (QED) is 0.859. The van der Waals surface area contributed by atoms with Crippen molar-refractivity contribution in [2.75, 3.05) is 0 Å². The Labute approximate surface area is 134 Å². The van der Waals surface area contributed by atoms with Crippen molar-refractivity contribution >= 4 is 17.5 Å². The fourth-order valence-electron chi connectivity index (χ4n) is 2.16. The van der Waals surface area contributed by atoms with Crippen molar-refractivity contribution in [3.8, 4) is 0 Å². The molecule has 5 nitrogen and oxygen atoms in total. The number of benzene rings is 1. The number of nitrogens with zero attached hydrogens (tertiary/aromatic N) is 2. The van der Waals surface area contributed by atoms with Crippen LogP contribution in [0.3, 0.4) is 0 Å². The number of carbonyl (C=O) groups excluding carboxylic acids is 1. The summed E-state index contributed by atoms with van der Waals surface area (Å²) in [5.74, 6) is 0.0280. The number of halogens is 1. The molecular weight excluding hydrogens is 302 g/mol. The summed E-state index contributed by atoms with van der Waals surface area (Å²) in [4.78, 5) is 16.1.